The van der Waals surface area contributed by atoms with E-state index in [0.29, 0.717) is 36.0 Å². The summed E-state index contributed by atoms with van der Waals surface area (Å²) in [6, 6.07) is 10.2. The molecule has 0 unspecified atom stereocenters. The van der Waals surface area contributed by atoms with Gasteiger partial charge < -0.3 is 10.2 Å². The Morgan fingerprint density at radius 2 is 1.96 bits per heavy atom. The highest BCUT2D eigenvalue weighted by atomic mass is 19.1. The van der Waals surface area contributed by atoms with Gasteiger partial charge in [0.15, 0.2) is 5.69 Å². The highest BCUT2D eigenvalue weighted by molar-refractivity contribution is 5.92. The van der Waals surface area contributed by atoms with Crippen molar-refractivity contribution >= 4 is 11.7 Å². The van der Waals surface area contributed by atoms with Crippen molar-refractivity contribution in [3.8, 4) is 0 Å². The molecular weight excluding hydrogens is 319 g/mol. The summed E-state index contributed by atoms with van der Waals surface area (Å²) in [7, 11) is 0. The van der Waals surface area contributed by atoms with E-state index in [9.17, 15) is 9.18 Å². The minimum Gasteiger partial charge on any atom is -0.368 e. The molecule has 1 aromatic carbocycles. The summed E-state index contributed by atoms with van der Waals surface area (Å²) in [4.78, 5) is 14.3. The van der Waals surface area contributed by atoms with E-state index in [0.717, 1.165) is 25.9 Å². The molecular formula is C19H23FN4O. The van der Waals surface area contributed by atoms with Gasteiger partial charge >= 0.3 is 0 Å². The summed E-state index contributed by atoms with van der Waals surface area (Å²) in [5.74, 6) is 1.00. The van der Waals surface area contributed by atoms with Crippen LogP contribution >= 0.6 is 0 Å². The van der Waals surface area contributed by atoms with Gasteiger partial charge in [-0.25, -0.2) is 4.39 Å². The molecule has 2 aromatic rings. The summed E-state index contributed by atoms with van der Waals surface area (Å²) >= 11 is 0. The molecule has 0 saturated carbocycles. The molecule has 5 nitrogen and oxygen atoms in total. The number of carbonyl (C=O) groups excluding carboxylic acids is 1. The Kier molecular flexibility index (Phi) is 5.58. The number of aromatic nitrogens is 2. The molecule has 0 spiro atoms. The summed E-state index contributed by atoms with van der Waals surface area (Å²) in [5.41, 5.74) is 1.03. The second kappa shape index (κ2) is 8.05. The number of rotatable bonds is 5. The molecule has 1 aliphatic rings. The fourth-order valence-corrected chi connectivity index (χ4v) is 2.94. The molecule has 2 heterocycles. The molecule has 1 amide bonds. The van der Waals surface area contributed by atoms with Crippen molar-refractivity contribution in [2.75, 3.05) is 25.0 Å². The number of piperidine rings is 1. The number of hydrogen-bond acceptors (Lipinski definition) is 4. The number of carbonyl (C=O) groups is 1. The van der Waals surface area contributed by atoms with Gasteiger partial charge in [0.1, 0.15) is 11.6 Å². The number of nitrogens with zero attached hydrogens (tertiary/aromatic N) is 3. The van der Waals surface area contributed by atoms with Crippen LogP contribution < -0.4 is 5.32 Å². The van der Waals surface area contributed by atoms with Crippen LogP contribution in [0, 0.1) is 11.7 Å². The summed E-state index contributed by atoms with van der Waals surface area (Å²) in [5, 5.41) is 11.2. The average Bonchev–Trinajstić information content (AvgIpc) is 2.64. The smallest absolute Gasteiger partial charge is 0.274 e. The minimum atomic E-state index is -0.202. The number of nitrogens with one attached hydrogen (secondary N) is 1. The van der Waals surface area contributed by atoms with E-state index in [1.54, 1.807) is 24.3 Å². The zero-order valence-electron chi connectivity index (χ0n) is 14.4. The van der Waals surface area contributed by atoms with Crippen molar-refractivity contribution in [3.05, 3.63) is 53.5 Å². The van der Waals surface area contributed by atoms with Crippen LogP contribution in [0.2, 0.25) is 0 Å². The first-order valence-corrected chi connectivity index (χ1v) is 8.74. The summed E-state index contributed by atoms with van der Waals surface area (Å²) in [6.07, 6.45) is 2.63. The molecule has 1 aliphatic heterocycles. The highest BCUT2D eigenvalue weighted by Crippen LogP contribution is 2.17. The maximum Gasteiger partial charge on any atom is 0.274 e. The third-order valence-corrected chi connectivity index (χ3v) is 4.61. The first-order chi connectivity index (χ1) is 12.1. The van der Waals surface area contributed by atoms with Crippen LogP contribution in [0.25, 0.3) is 0 Å². The molecule has 0 radical (unpaired) electrons. The normalized spacial score (nSPS) is 15.2. The molecule has 1 N–H and O–H groups in total. The molecule has 3 rings (SSSR count). The molecule has 1 saturated heterocycles. The molecule has 0 atom stereocenters. The lowest BCUT2D eigenvalue weighted by atomic mass is 9.99. The van der Waals surface area contributed by atoms with Gasteiger partial charge in [-0.2, -0.15) is 0 Å². The molecule has 6 heteroatoms. The lowest BCUT2D eigenvalue weighted by Crippen LogP contribution is -2.38. The van der Waals surface area contributed by atoms with Gasteiger partial charge in [-0.3, -0.25) is 4.79 Å². The third-order valence-electron chi connectivity index (χ3n) is 4.61. The summed E-state index contributed by atoms with van der Waals surface area (Å²) < 4.78 is 13.6. The number of benzene rings is 1. The van der Waals surface area contributed by atoms with Gasteiger partial charge in [0.2, 0.25) is 0 Å². The van der Waals surface area contributed by atoms with E-state index in [2.05, 4.69) is 22.4 Å². The quantitative estimate of drug-likeness (QED) is 0.907. The Morgan fingerprint density at radius 1 is 1.20 bits per heavy atom. The average molecular weight is 342 g/mol. The lowest BCUT2D eigenvalue weighted by Gasteiger charge is -2.29. The monoisotopic (exact) mass is 342 g/mol. The Labute approximate surface area is 147 Å². The van der Waals surface area contributed by atoms with E-state index in [1.165, 1.54) is 6.07 Å². The number of hydrogen-bond donors (Lipinski definition) is 1. The Bertz CT molecular complexity index is 712. The van der Waals surface area contributed by atoms with Crippen molar-refractivity contribution in [3.63, 3.8) is 0 Å². The molecule has 1 aromatic heterocycles. The van der Waals surface area contributed by atoms with Crippen LogP contribution in [0.3, 0.4) is 0 Å². The van der Waals surface area contributed by atoms with Gasteiger partial charge in [0.05, 0.1) is 0 Å². The third kappa shape index (κ3) is 4.53. The van der Waals surface area contributed by atoms with Crippen molar-refractivity contribution < 1.29 is 9.18 Å². The number of likely N-dealkylation sites (tertiary alicyclic amines) is 1. The molecule has 0 bridgehead atoms. The van der Waals surface area contributed by atoms with Gasteiger partial charge in [0, 0.05) is 19.6 Å². The van der Waals surface area contributed by atoms with Crippen LogP contribution in [0.4, 0.5) is 10.2 Å². The van der Waals surface area contributed by atoms with E-state index in [4.69, 9.17) is 0 Å². The lowest BCUT2D eigenvalue weighted by molar-refractivity contribution is 0.0690. The van der Waals surface area contributed by atoms with Crippen LogP contribution in [0.5, 0.6) is 0 Å². The van der Waals surface area contributed by atoms with Crippen LogP contribution in [0.1, 0.15) is 35.8 Å². The SMILES string of the molecule is CC1CCN(C(=O)c2ccc(NCCc3ccccc3F)nn2)CC1. The largest absolute Gasteiger partial charge is 0.368 e. The van der Waals surface area contributed by atoms with Crippen molar-refractivity contribution in [1.29, 1.82) is 0 Å². The number of anilines is 1. The Hall–Kier alpha value is -2.50. The zero-order chi connectivity index (χ0) is 17.6. The van der Waals surface area contributed by atoms with Gasteiger partial charge in [-0.15, -0.1) is 10.2 Å². The van der Waals surface area contributed by atoms with E-state index < -0.39 is 0 Å². The number of amides is 1. The maximum atomic E-state index is 13.6. The zero-order valence-corrected chi connectivity index (χ0v) is 14.4. The van der Waals surface area contributed by atoms with Crippen LogP contribution in [-0.4, -0.2) is 40.6 Å². The van der Waals surface area contributed by atoms with E-state index in [-0.39, 0.29) is 11.7 Å². The number of halogens is 1. The fraction of sp³-hybridized carbons (Fsp3) is 0.421. The van der Waals surface area contributed by atoms with Crippen molar-refractivity contribution in [2.45, 2.75) is 26.2 Å². The van der Waals surface area contributed by atoms with E-state index >= 15 is 0 Å². The predicted octanol–water partition coefficient (Wildman–Crippen LogP) is 3.14. The van der Waals surface area contributed by atoms with Crippen LogP contribution in [-0.2, 0) is 6.42 Å². The second-order valence-electron chi connectivity index (χ2n) is 6.55. The molecule has 1 fully saturated rings. The Morgan fingerprint density at radius 3 is 2.64 bits per heavy atom. The van der Waals surface area contributed by atoms with Gasteiger partial charge in [0.25, 0.3) is 5.91 Å². The first kappa shape index (κ1) is 17.3. The molecule has 132 valence electrons. The predicted molar refractivity (Wildman–Crippen MR) is 94.9 cm³/mol. The first-order valence-electron chi connectivity index (χ1n) is 8.74. The maximum absolute atomic E-state index is 13.6. The topological polar surface area (TPSA) is 58.1 Å². The molecule has 0 aliphatic carbocycles. The molecule has 25 heavy (non-hydrogen) atoms. The standard InChI is InChI=1S/C19H23FN4O/c1-14-9-12-24(13-10-14)19(25)17-6-7-18(23-22-17)21-11-8-15-4-2-3-5-16(15)20/h2-7,14H,8-13H2,1H3,(H,21,23). The minimum absolute atomic E-state index is 0.0580. The van der Waals surface area contributed by atoms with Crippen LogP contribution in [0.15, 0.2) is 36.4 Å². The fourth-order valence-electron chi connectivity index (χ4n) is 2.94. The van der Waals surface area contributed by atoms with Crippen molar-refractivity contribution in [1.82, 2.24) is 15.1 Å². The van der Waals surface area contributed by atoms with Gasteiger partial charge in [-0.1, -0.05) is 25.1 Å². The Balaban J connectivity index is 1.52. The highest BCUT2D eigenvalue weighted by Gasteiger charge is 2.22. The second-order valence-corrected chi connectivity index (χ2v) is 6.55. The van der Waals surface area contributed by atoms with Gasteiger partial charge in [-0.05, 0) is 48.9 Å². The van der Waals surface area contributed by atoms with Crippen molar-refractivity contribution in [2.24, 2.45) is 5.92 Å². The summed E-state index contributed by atoms with van der Waals surface area (Å²) in [6.45, 7) is 4.32. The van der Waals surface area contributed by atoms with E-state index in [1.807, 2.05) is 11.0 Å².